The molecule has 4 rings (SSSR count). The minimum atomic E-state index is 0. The van der Waals surface area contributed by atoms with E-state index in [4.69, 9.17) is 0 Å². The average Bonchev–Trinajstić information content (AvgIpc) is 3.23. The van der Waals surface area contributed by atoms with Crippen LogP contribution in [-0.4, -0.2) is 78.5 Å². The normalized spacial score (nSPS) is 22.5. The van der Waals surface area contributed by atoms with Gasteiger partial charge in [-0.2, -0.15) is 0 Å². The molecule has 0 spiro atoms. The van der Waals surface area contributed by atoms with Gasteiger partial charge in [0.25, 0.3) is 5.91 Å². The number of rotatable bonds is 3. The molecule has 1 N–H and O–H groups in total. The zero-order chi connectivity index (χ0) is 17.9. The summed E-state index contributed by atoms with van der Waals surface area (Å²) in [5.74, 6) is 1.13. The van der Waals surface area contributed by atoms with Gasteiger partial charge in [0, 0.05) is 51.5 Å². The molecule has 3 saturated heterocycles. The first kappa shape index (κ1) is 22.7. The summed E-state index contributed by atoms with van der Waals surface area (Å²) in [5, 5.41) is 3.11. The monoisotopic (exact) mass is 429 g/mol. The number of nitrogens with one attached hydrogen (secondary N) is 1. The lowest BCUT2D eigenvalue weighted by atomic mass is 10.0. The molecule has 7 nitrogen and oxygen atoms in total. The van der Waals surface area contributed by atoms with Crippen molar-refractivity contribution in [2.24, 2.45) is 0 Å². The van der Waals surface area contributed by atoms with Crippen LogP contribution >= 0.6 is 24.8 Å². The lowest BCUT2D eigenvalue weighted by molar-refractivity contribution is -0.135. The van der Waals surface area contributed by atoms with Crippen LogP contribution in [0.3, 0.4) is 0 Å². The Bertz CT molecular complexity index is 667. The summed E-state index contributed by atoms with van der Waals surface area (Å²) in [6.07, 6.45) is 6.04. The van der Waals surface area contributed by atoms with Gasteiger partial charge in [0.15, 0.2) is 0 Å². The second-order valence-corrected chi connectivity index (χ2v) is 7.41. The highest BCUT2D eigenvalue weighted by molar-refractivity contribution is 5.94. The Morgan fingerprint density at radius 2 is 1.86 bits per heavy atom. The number of halogens is 2. The van der Waals surface area contributed by atoms with Crippen molar-refractivity contribution in [2.75, 3.05) is 50.7 Å². The molecule has 3 fully saturated rings. The highest BCUT2D eigenvalue weighted by Gasteiger charge is 2.32. The maximum atomic E-state index is 12.9. The average molecular weight is 430 g/mol. The molecule has 9 heteroatoms. The zero-order valence-electron chi connectivity index (χ0n) is 16.0. The molecule has 1 aromatic rings. The summed E-state index contributed by atoms with van der Waals surface area (Å²) >= 11 is 0. The van der Waals surface area contributed by atoms with Crippen LogP contribution < -0.4 is 10.2 Å². The zero-order valence-corrected chi connectivity index (χ0v) is 17.6. The van der Waals surface area contributed by atoms with Gasteiger partial charge >= 0.3 is 0 Å². The number of piperidine rings is 1. The fourth-order valence-corrected chi connectivity index (χ4v) is 4.23. The van der Waals surface area contributed by atoms with Crippen molar-refractivity contribution in [3.63, 3.8) is 0 Å². The Hall–Kier alpha value is -1.57. The number of piperazine rings is 1. The van der Waals surface area contributed by atoms with Crippen LogP contribution in [0.4, 0.5) is 5.82 Å². The molecule has 156 valence electrons. The van der Waals surface area contributed by atoms with Gasteiger partial charge in [0.1, 0.15) is 5.82 Å². The standard InChI is InChI=1S/C19H27N5O2.2ClH/c25-18-13-20-7-11-24(18)16-4-3-10-23(14-16)19(26)15-5-6-17(21-12-15)22-8-1-2-9-22;;/h5-6,12,16,20H,1-4,7-11,13-14H2;2*1H. The number of anilines is 1. The van der Waals surface area contributed by atoms with E-state index in [9.17, 15) is 9.59 Å². The first-order valence-corrected chi connectivity index (χ1v) is 9.73. The highest BCUT2D eigenvalue weighted by atomic mass is 35.5. The molecule has 1 aromatic heterocycles. The van der Waals surface area contributed by atoms with Crippen molar-refractivity contribution >= 4 is 42.4 Å². The third-order valence-corrected chi connectivity index (χ3v) is 5.68. The van der Waals surface area contributed by atoms with Gasteiger partial charge in [-0.05, 0) is 37.8 Å². The Labute approximate surface area is 178 Å². The van der Waals surface area contributed by atoms with Crippen LogP contribution in [-0.2, 0) is 4.79 Å². The van der Waals surface area contributed by atoms with Crippen LogP contribution in [0.25, 0.3) is 0 Å². The lowest BCUT2D eigenvalue weighted by Gasteiger charge is -2.41. The first-order chi connectivity index (χ1) is 12.7. The maximum Gasteiger partial charge on any atom is 0.255 e. The van der Waals surface area contributed by atoms with E-state index in [-0.39, 0.29) is 42.7 Å². The van der Waals surface area contributed by atoms with E-state index < -0.39 is 0 Å². The van der Waals surface area contributed by atoms with E-state index in [2.05, 4.69) is 15.2 Å². The van der Waals surface area contributed by atoms with Crippen molar-refractivity contribution < 1.29 is 9.59 Å². The Balaban J connectivity index is 0.00000140. The fraction of sp³-hybridized carbons (Fsp3) is 0.632. The molecule has 3 aliphatic heterocycles. The second-order valence-electron chi connectivity index (χ2n) is 7.41. The van der Waals surface area contributed by atoms with E-state index in [1.54, 1.807) is 6.20 Å². The van der Waals surface area contributed by atoms with Crippen LogP contribution in [0.15, 0.2) is 18.3 Å². The summed E-state index contributed by atoms with van der Waals surface area (Å²) in [7, 11) is 0. The van der Waals surface area contributed by atoms with Crippen molar-refractivity contribution in [3.05, 3.63) is 23.9 Å². The van der Waals surface area contributed by atoms with E-state index in [1.807, 2.05) is 21.9 Å². The molecule has 2 amide bonds. The molecule has 1 unspecified atom stereocenters. The molecular weight excluding hydrogens is 401 g/mol. The van der Waals surface area contributed by atoms with E-state index in [0.29, 0.717) is 18.7 Å². The molecule has 0 aromatic carbocycles. The van der Waals surface area contributed by atoms with Crippen molar-refractivity contribution in [2.45, 2.75) is 31.7 Å². The van der Waals surface area contributed by atoms with Crippen molar-refractivity contribution in [1.29, 1.82) is 0 Å². The number of hydrogen-bond acceptors (Lipinski definition) is 5. The minimum absolute atomic E-state index is 0. The van der Waals surface area contributed by atoms with E-state index >= 15 is 0 Å². The molecule has 0 radical (unpaired) electrons. The van der Waals surface area contributed by atoms with E-state index in [0.717, 1.165) is 51.4 Å². The smallest absolute Gasteiger partial charge is 0.255 e. The topological polar surface area (TPSA) is 68.8 Å². The van der Waals surface area contributed by atoms with Gasteiger partial charge in [-0.1, -0.05) is 0 Å². The van der Waals surface area contributed by atoms with Gasteiger partial charge in [-0.15, -0.1) is 24.8 Å². The molecular formula is C19H29Cl2N5O2. The lowest BCUT2D eigenvalue weighted by Crippen LogP contribution is -2.57. The number of carbonyl (C=O) groups excluding carboxylic acids is 2. The van der Waals surface area contributed by atoms with Crippen molar-refractivity contribution in [1.82, 2.24) is 20.1 Å². The minimum Gasteiger partial charge on any atom is -0.357 e. The van der Waals surface area contributed by atoms with Gasteiger partial charge in [-0.25, -0.2) is 4.98 Å². The third kappa shape index (κ3) is 4.88. The molecule has 0 saturated carbocycles. The summed E-state index contributed by atoms with van der Waals surface area (Å²) in [5.41, 5.74) is 0.639. The van der Waals surface area contributed by atoms with E-state index in [1.165, 1.54) is 12.8 Å². The Morgan fingerprint density at radius 1 is 1.07 bits per heavy atom. The largest absolute Gasteiger partial charge is 0.357 e. The number of amides is 2. The van der Waals surface area contributed by atoms with Gasteiger partial charge < -0.3 is 20.0 Å². The SMILES string of the molecule is Cl.Cl.O=C(c1ccc(N2CCCC2)nc1)N1CCCC(N2CCNCC2=O)C1. The van der Waals surface area contributed by atoms with Crippen LogP contribution in [0, 0.1) is 0 Å². The van der Waals surface area contributed by atoms with Gasteiger partial charge in [0.05, 0.1) is 12.1 Å². The number of pyridine rings is 1. The summed E-state index contributed by atoms with van der Waals surface area (Å²) in [6.45, 7) is 5.45. The summed E-state index contributed by atoms with van der Waals surface area (Å²) in [6, 6.07) is 3.99. The third-order valence-electron chi connectivity index (χ3n) is 5.68. The number of hydrogen-bond donors (Lipinski definition) is 1. The summed E-state index contributed by atoms with van der Waals surface area (Å²) < 4.78 is 0. The van der Waals surface area contributed by atoms with Gasteiger partial charge in [-0.3, -0.25) is 9.59 Å². The predicted octanol–water partition coefficient (Wildman–Crippen LogP) is 1.56. The number of nitrogens with zero attached hydrogens (tertiary/aromatic N) is 4. The Morgan fingerprint density at radius 3 is 2.54 bits per heavy atom. The number of carbonyl (C=O) groups is 2. The summed E-state index contributed by atoms with van der Waals surface area (Å²) in [4.78, 5) is 35.6. The predicted molar refractivity (Wildman–Crippen MR) is 114 cm³/mol. The Kier molecular flexibility index (Phi) is 8.34. The molecule has 28 heavy (non-hydrogen) atoms. The first-order valence-electron chi connectivity index (χ1n) is 9.73. The molecule has 0 bridgehead atoms. The fourth-order valence-electron chi connectivity index (χ4n) is 4.23. The van der Waals surface area contributed by atoms with Crippen molar-refractivity contribution in [3.8, 4) is 0 Å². The molecule has 3 aliphatic rings. The molecule has 0 aliphatic carbocycles. The van der Waals surface area contributed by atoms with Crippen LogP contribution in [0.2, 0.25) is 0 Å². The quantitative estimate of drug-likeness (QED) is 0.789. The highest BCUT2D eigenvalue weighted by Crippen LogP contribution is 2.21. The number of likely N-dealkylation sites (tertiary alicyclic amines) is 1. The maximum absolute atomic E-state index is 12.9. The molecule has 4 heterocycles. The second kappa shape index (κ2) is 10.3. The molecule has 1 atom stereocenters. The van der Waals surface area contributed by atoms with Gasteiger partial charge in [0.2, 0.25) is 5.91 Å². The van der Waals surface area contributed by atoms with Crippen LogP contribution in [0.1, 0.15) is 36.0 Å². The number of aromatic nitrogens is 1. The van der Waals surface area contributed by atoms with Crippen LogP contribution in [0.5, 0.6) is 0 Å².